The maximum Gasteiger partial charge on any atom is 0.101 e. The summed E-state index contributed by atoms with van der Waals surface area (Å²) in [6.07, 6.45) is 5.08. The number of pyridine rings is 2. The van der Waals surface area contributed by atoms with Crippen LogP contribution in [0.25, 0.3) is 10.8 Å². The molecule has 0 fully saturated rings. The number of aliphatic hydroxyl groups excluding tert-OH is 1. The van der Waals surface area contributed by atoms with Crippen LogP contribution < -0.4 is 0 Å². The van der Waals surface area contributed by atoms with Crippen LogP contribution in [0.5, 0.6) is 0 Å². The summed E-state index contributed by atoms with van der Waals surface area (Å²) in [4.78, 5) is 8.46. The van der Waals surface area contributed by atoms with Gasteiger partial charge in [-0.3, -0.25) is 9.97 Å². The minimum absolute atomic E-state index is 0.493. The first kappa shape index (κ1) is 13.2. The van der Waals surface area contributed by atoms with Crippen LogP contribution in [-0.2, 0) is 6.42 Å². The van der Waals surface area contributed by atoms with Gasteiger partial charge in [-0.1, -0.05) is 24.3 Å². The van der Waals surface area contributed by atoms with Gasteiger partial charge in [-0.25, -0.2) is 0 Å². The summed E-state index contributed by atoms with van der Waals surface area (Å²) in [5, 5.41) is 12.5. The summed E-state index contributed by atoms with van der Waals surface area (Å²) in [5.74, 6) is 0. The summed E-state index contributed by atoms with van der Waals surface area (Å²) in [6, 6.07) is 11.9. The van der Waals surface area contributed by atoms with E-state index in [9.17, 15) is 5.11 Å². The highest BCUT2D eigenvalue weighted by molar-refractivity contribution is 9.10. The Morgan fingerprint density at radius 3 is 2.85 bits per heavy atom. The van der Waals surface area contributed by atoms with Gasteiger partial charge in [0.15, 0.2) is 0 Å². The molecular weight excluding hydrogens is 316 g/mol. The van der Waals surface area contributed by atoms with Crippen LogP contribution in [0.3, 0.4) is 0 Å². The molecule has 100 valence electrons. The average Bonchev–Trinajstić information content (AvgIpc) is 2.46. The van der Waals surface area contributed by atoms with Crippen LogP contribution in [-0.4, -0.2) is 15.1 Å². The number of fused-ring (bicyclic) bond motifs is 1. The van der Waals surface area contributed by atoms with Crippen LogP contribution in [0.1, 0.15) is 17.4 Å². The molecule has 2 heterocycles. The number of hydrogen-bond acceptors (Lipinski definition) is 3. The van der Waals surface area contributed by atoms with E-state index in [0.717, 1.165) is 20.8 Å². The van der Waals surface area contributed by atoms with Crippen molar-refractivity contribution in [3.63, 3.8) is 0 Å². The Morgan fingerprint density at radius 2 is 2.00 bits per heavy atom. The smallest absolute Gasteiger partial charge is 0.101 e. The predicted octanol–water partition coefficient (Wildman–Crippen LogP) is 3.67. The number of halogens is 1. The second-order valence-corrected chi connectivity index (χ2v) is 5.56. The maximum atomic E-state index is 10.5. The second kappa shape index (κ2) is 5.69. The summed E-state index contributed by atoms with van der Waals surface area (Å²) >= 11 is 3.39. The molecule has 0 aliphatic carbocycles. The van der Waals surface area contributed by atoms with E-state index in [1.165, 1.54) is 0 Å². The van der Waals surface area contributed by atoms with Crippen molar-refractivity contribution in [2.75, 3.05) is 0 Å². The van der Waals surface area contributed by atoms with Crippen molar-refractivity contribution in [3.8, 4) is 0 Å². The van der Waals surface area contributed by atoms with E-state index in [-0.39, 0.29) is 0 Å². The van der Waals surface area contributed by atoms with E-state index in [2.05, 4.69) is 25.9 Å². The summed E-state index contributed by atoms with van der Waals surface area (Å²) in [6.45, 7) is 0. The Morgan fingerprint density at radius 1 is 1.15 bits per heavy atom. The van der Waals surface area contributed by atoms with Crippen molar-refractivity contribution in [2.45, 2.75) is 12.5 Å². The first-order chi connectivity index (χ1) is 9.74. The molecule has 0 aliphatic rings. The summed E-state index contributed by atoms with van der Waals surface area (Å²) in [5.41, 5.74) is 1.68. The molecular formula is C16H13BrN2O. The summed E-state index contributed by atoms with van der Waals surface area (Å²) in [7, 11) is 0. The number of aliphatic hydroxyl groups is 1. The molecule has 3 nitrogen and oxygen atoms in total. The zero-order valence-corrected chi connectivity index (χ0v) is 12.3. The zero-order chi connectivity index (χ0) is 13.9. The molecule has 4 heteroatoms. The normalized spacial score (nSPS) is 12.5. The highest BCUT2D eigenvalue weighted by atomic mass is 79.9. The summed E-state index contributed by atoms with van der Waals surface area (Å²) < 4.78 is 0.910. The van der Waals surface area contributed by atoms with E-state index in [4.69, 9.17) is 0 Å². The van der Waals surface area contributed by atoms with E-state index < -0.39 is 6.10 Å². The molecule has 1 aromatic carbocycles. The second-order valence-electron chi connectivity index (χ2n) is 4.65. The minimum atomic E-state index is -0.641. The highest BCUT2D eigenvalue weighted by Gasteiger charge is 2.13. The highest BCUT2D eigenvalue weighted by Crippen LogP contribution is 2.25. The van der Waals surface area contributed by atoms with Crippen LogP contribution in [0.4, 0.5) is 0 Å². The van der Waals surface area contributed by atoms with Crippen molar-refractivity contribution < 1.29 is 5.11 Å². The van der Waals surface area contributed by atoms with Gasteiger partial charge < -0.3 is 5.11 Å². The fourth-order valence-electron chi connectivity index (χ4n) is 2.30. The molecule has 0 radical (unpaired) electrons. The van der Waals surface area contributed by atoms with Crippen molar-refractivity contribution in [1.82, 2.24) is 9.97 Å². The third-order valence-corrected chi connectivity index (χ3v) is 3.64. The largest absolute Gasteiger partial charge is 0.386 e. The molecule has 1 unspecified atom stereocenters. The lowest BCUT2D eigenvalue weighted by atomic mass is 10.0. The third kappa shape index (κ3) is 2.71. The first-order valence-corrected chi connectivity index (χ1v) is 7.14. The third-order valence-electron chi connectivity index (χ3n) is 3.21. The van der Waals surface area contributed by atoms with Crippen LogP contribution in [0, 0.1) is 0 Å². The molecule has 0 bridgehead atoms. The Kier molecular flexibility index (Phi) is 3.76. The number of benzene rings is 1. The fraction of sp³-hybridized carbons (Fsp3) is 0.125. The number of hydrogen-bond donors (Lipinski definition) is 1. The quantitative estimate of drug-likeness (QED) is 0.797. The molecule has 1 N–H and O–H groups in total. The molecule has 20 heavy (non-hydrogen) atoms. The average molecular weight is 329 g/mol. The Hall–Kier alpha value is -1.78. The monoisotopic (exact) mass is 328 g/mol. The molecule has 0 amide bonds. The molecule has 3 rings (SSSR count). The van der Waals surface area contributed by atoms with Gasteiger partial charge in [0.05, 0.1) is 5.69 Å². The lowest BCUT2D eigenvalue weighted by Crippen LogP contribution is -2.05. The van der Waals surface area contributed by atoms with Crippen molar-refractivity contribution in [2.24, 2.45) is 0 Å². The Labute approximate surface area is 125 Å². The zero-order valence-electron chi connectivity index (χ0n) is 10.7. The molecule has 0 aliphatic heterocycles. The van der Waals surface area contributed by atoms with Gasteiger partial charge in [0.1, 0.15) is 6.10 Å². The van der Waals surface area contributed by atoms with E-state index in [1.807, 2.05) is 36.4 Å². The maximum absolute atomic E-state index is 10.5. The van der Waals surface area contributed by atoms with Gasteiger partial charge in [-0.2, -0.15) is 0 Å². The van der Waals surface area contributed by atoms with Crippen LogP contribution in [0.2, 0.25) is 0 Å². The molecule has 0 spiro atoms. The van der Waals surface area contributed by atoms with Gasteiger partial charge in [-0.05, 0) is 39.0 Å². The standard InChI is InChI=1S/C16H13BrN2O/c17-13-7-11(9-18-10-13)8-15(20)16-14-4-2-1-3-12(14)5-6-19-16/h1-7,9-10,15,20H,8H2. The molecule has 0 saturated carbocycles. The van der Waals surface area contributed by atoms with Gasteiger partial charge in [0, 0.05) is 34.9 Å². The lowest BCUT2D eigenvalue weighted by Gasteiger charge is -2.12. The molecule has 0 saturated heterocycles. The Bertz CT molecular complexity index is 740. The topological polar surface area (TPSA) is 46.0 Å². The van der Waals surface area contributed by atoms with Gasteiger partial charge in [0.2, 0.25) is 0 Å². The van der Waals surface area contributed by atoms with Gasteiger partial charge in [-0.15, -0.1) is 0 Å². The predicted molar refractivity (Wildman–Crippen MR) is 82.3 cm³/mol. The Balaban J connectivity index is 1.94. The fourth-order valence-corrected chi connectivity index (χ4v) is 2.71. The van der Waals surface area contributed by atoms with Crippen molar-refractivity contribution in [1.29, 1.82) is 0 Å². The lowest BCUT2D eigenvalue weighted by molar-refractivity contribution is 0.175. The van der Waals surface area contributed by atoms with Gasteiger partial charge >= 0.3 is 0 Å². The SMILES string of the molecule is OC(Cc1cncc(Br)c1)c1nccc2ccccc12. The van der Waals surface area contributed by atoms with Crippen molar-refractivity contribution >= 4 is 26.7 Å². The van der Waals surface area contributed by atoms with Crippen LogP contribution >= 0.6 is 15.9 Å². The molecule has 3 aromatic rings. The number of aromatic nitrogens is 2. The van der Waals surface area contributed by atoms with Crippen LogP contribution in [0.15, 0.2) is 59.5 Å². The molecule has 1 atom stereocenters. The number of nitrogens with zero attached hydrogens (tertiary/aromatic N) is 2. The first-order valence-electron chi connectivity index (χ1n) is 6.35. The van der Waals surface area contributed by atoms with E-state index >= 15 is 0 Å². The van der Waals surface area contributed by atoms with E-state index in [1.54, 1.807) is 18.6 Å². The molecule has 2 aromatic heterocycles. The van der Waals surface area contributed by atoms with Gasteiger partial charge in [0.25, 0.3) is 0 Å². The van der Waals surface area contributed by atoms with E-state index in [0.29, 0.717) is 12.1 Å². The van der Waals surface area contributed by atoms with Crippen molar-refractivity contribution in [3.05, 3.63) is 70.7 Å². The minimum Gasteiger partial charge on any atom is -0.386 e. The number of rotatable bonds is 3.